The van der Waals surface area contributed by atoms with E-state index in [1.54, 1.807) is 102 Å². The highest BCUT2D eigenvalue weighted by molar-refractivity contribution is 7.11. The number of carbonyl (C=O) groups excluding carboxylic acids is 3. The average Bonchev–Trinajstić information content (AvgIpc) is 0.816. The number of hydrogen-bond acceptors (Lipinski definition) is 16. The lowest BCUT2D eigenvalue weighted by Crippen LogP contribution is -2.26. The van der Waals surface area contributed by atoms with Crippen molar-refractivity contribution in [3.05, 3.63) is 298 Å². The number of thiophene rings is 3. The SMILES string of the molecule is COc1c(C#N)ccc2[nH]nc(/C=C/c3ccccc3)c12.COc1c(C(N)=O)ccc2n[nH]c(/C=C/c3ccccc3)c12.O=C(NC1CC1)c1ccc2n[nH]c(/C=C/c3cccs3)c2c1F.O=C(NCc1ccco1)c1ccc2n[nH]c(/C=C/c3cccs3)c2c1F.O=C(O)c1ccc2n[nH]c(/C=C/c3cccs3)c2c1F. The van der Waals surface area contributed by atoms with Crippen LogP contribution in [0, 0.1) is 28.8 Å². The van der Waals surface area contributed by atoms with Crippen molar-refractivity contribution in [3.8, 4) is 17.6 Å². The van der Waals surface area contributed by atoms with Crippen LogP contribution >= 0.6 is 34.0 Å². The number of halogens is 3. The molecule has 3 amide bonds. The standard InChI is InChI=1S/C19H14FN3O2S.C17H14FN3OS.C17H15N3O2.C17H13N3O.C14H9FN2O2S/c20-18-14(19(24)21-11-12-3-1-9-25-12)6-8-16-17(18)15(22-23-16)7-5-13-4-2-10-26-13;18-16-12(17(22)19-10-3-4-10)6-8-14-15(16)13(20-21-14)7-5-11-2-1-9-23-11;1-22-16-12(17(18)21)8-10-14-15(16)13(19-20-14)9-7-11-5-3-2-4-6-11;1-21-17-13(11-18)8-10-15-16(17)14(19-20-15)9-7-12-5-3-2-4-6-12;15-13-9(14(18)19)4-6-11-12(13)10(16-17-11)5-3-8-2-1-7-20-8/h1-10H,11H2,(H,21,24)(H,22,23);1-2,5-10H,3-4H2,(H,19,22)(H,20,21);2-10H,1H3,(H2,18,21)(H,19,20);2-10H,1H3,(H,19,20);1-7H,(H,16,17)(H,18,19)/b2*7-5+;2*9-7+;5-3+. The average molecular weight is 1550 g/mol. The normalized spacial score (nSPS) is 11.9. The van der Waals surface area contributed by atoms with Gasteiger partial charge in [-0.2, -0.15) is 30.8 Å². The third-order valence-corrected chi connectivity index (χ3v) is 19.8. The van der Waals surface area contributed by atoms with Gasteiger partial charge in [-0.3, -0.25) is 39.9 Å². The lowest BCUT2D eigenvalue weighted by atomic mass is 10.1. The van der Waals surface area contributed by atoms with Gasteiger partial charge < -0.3 is 35.4 Å². The summed E-state index contributed by atoms with van der Waals surface area (Å²) in [5.41, 5.74) is 14.1. The third-order valence-electron chi connectivity index (χ3n) is 17.2. The molecule has 1 saturated carbocycles. The van der Waals surface area contributed by atoms with Crippen LogP contribution in [0.15, 0.2) is 197 Å². The Kier molecular flexibility index (Phi) is 24.2. The summed E-state index contributed by atoms with van der Waals surface area (Å²) < 4.78 is 59.9. The zero-order valence-electron chi connectivity index (χ0n) is 59.4. The van der Waals surface area contributed by atoms with Gasteiger partial charge in [-0.25, -0.2) is 18.0 Å². The summed E-state index contributed by atoms with van der Waals surface area (Å²) in [6, 6.07) is 53.2. The van der Waals surface area contributed by atoms with Crippen molar-refractivity contribution in [1.82, 2.24) is 61.6 Å². The number of furan rings is 1. The summed E-state index contributed by atoms with van der Waals surface area (Å²) in [5.74, 6) is -2.99. The Morgan fingerprint density at radius 1 is 0.509 bits per heavy atom. The van der Waals surface area contributed by atoms with Crippen LogP contribution in [0.2, 0.25) is 0 Å². The van der Waals surface area contributed by atoms with Gasteiger partial charge in [0.15, 0.2) is 0 Å². The van der Waals surface area contributed by atoms with Gasteiger partial charge in [-0.15, -0.1) is 34.0 Å². The first-order valence-electron chi connectivity index (χ1n) is 34.4. The van der Waals surface area contributed by atoms with E-state index in [4.69, 9.17) is 30.0 Å². The molecule has 7 aromatic carbocycles. The van der Waals surface area contributed by atoms with Gasteiger partial charge in [0.25, 0.3) is 17.7 Å². The minimum absolute atomic E-state index is 0.0313. The van der Waals surface area contributed by atoms with Crippen molar-refractivity contribution in [1.29, 1.82) is 5.26 Å². The van der Waals surface area contributed by atoms with E-state index in [9.17, 15) is 32.3 Å². The number of benzene rings is 7. The summed E-state index contributed by atoms with van der Waals surface area (Å²) in [6.45, 7) is 0.194. The molecule has 9 heterocycles. The molecule has 0 unspecified atom stereocenters. The van der Waals surface area contributed by atoms with Gasteiger partial charge in [-0.05, 0) is 180 Å². The zero-order chi connectivity index (χ0) is 78.0. The molecule has 0 spiro atoms. The van der Waals surface area contributed by atoms with Crippen LogP contribution in [-0.2, 0) is 6.54 Å². The molecule has 0 atom stereocenters. The van der Waals surface area contributed by atoms with E-state index in [0.717, 1.165) is 71.8 Å². The fourth-order valence-electron chi connectivity index (χ4n) is 11.6. The maximum absolute atomic E-state index is 15.0. The number of carbonyl (C=O) groups is 4. The molecule has 0 bridgehead atoms. The van der Waals surface area contributed by atoms with Crippen molar-refractivity contribution >= 4 is 173 Å². The third kappa shape index (κ3) is 18.0. The zero-order valence-corrected chi connectivity index (χ0v) is 61.8. The highest BCUT2D eigenvalue weighted by Crippen LogP contribution is 2.35. The Hall–Kier alpha value is -14.3. The predicted molar refractivity (Wildman–Crippen MR) is 434 cm³/mol. The van der Waals surface area contributed by atoms with Gasteiger partial charge in [-0.1, -0.05) is 91.0 Å². The van der Waals surface area contributed by atoms with Gasteiger partial charge in [0.2, 0.25) is 0 Å². The number of hydrogen-bond donors (Lipinski definition) is 9. The van der Waals surface area contributed by atoms with Crippen LogP contribution in [0.1, 0.15) is 120 Å². The Morgan fingerprint density at radius 3 is 1.41 bits per heavy atom. The van der Waals surface area contributed by atoms with Crippen LogP contribution in [0.5, 0.6) is 11.5 Å². The van der Waals surface area contributed by atoms with Crippen molar-refractivity contribution < 1.29 is 51.3 Å². The molecule has 558 valence electrons. The molecule has 1 aliphatic rings. The van der Waals surface area contributed by atoms with Gasteiger partial charge in [0, 0.05) is 20.7 Å². The highest BCUT2D eigenvalue weighted by atomic mass is 32.1. The molecule has 0 aliphatic heterocycles. The Bertz CT molecular complexity index is 6210. The molecular formula is C84H65F3N14O8S3. The molecule has 1 fully saturated rings. The largest absolute Gasteiger partial charge is 0.495 e. The number of methoxy groups -OCH3 is 2. The second kappa shape index (κ2) is 35.6. The van der Waals surface area contributed by atoms with E-state index < -0.39 is 35.2 Å². The number of rotatable bonds is 19. The summed E-state index contributed by atoms with van der Waals surface area (Å²) in [6.07, 6.45) is 22.0. The lowest BCUT2D eigenvalue weighted by molar-refractivity contribution is 0.0691. The number of nitrogens with two attached hydrogens (primary N) is 1. The number of primary amides is 1. The first kappa shape index (κ1) is 75.9. The molecule has 28 heteroatoms. The second-order valence-corrected chi connectivity index (χ2v) is 27.5. The number of nitrogens with zero attached hydrogens (tertiary/aromatic N) is 6. The van der Waals surface area contributed by atoms with Crippen molar-refractivity contribution in [3.63, 3.8) is 0 Å². The first-order chi connectivity index (χ1) is 54.6. The Balaban J connectivity index is 0.000000123. The maximum Gasteiger partial charge on any atom is 0.338 e. The van der Waals surface area contributed by atoms with Crippen molar-refractivity contribution in [2.45, 2.75) is 25.4 Å². The summed E-state index contributed by atoms with van der Waals surface area (Å²) in [5, 5.41) is 66.9. The van der Waals surface area contributed by atoms with Crippen LogP contribution in [-0.4, -0.2) is 100 Å². The van der Waals surface area contributed by atoms with Gasteiger partial charge in [0.05, 0.1) is 138 Å². The number of nitrogens with one attached hydrogen (secondary N) is 7. The number of ether oxygens (including phenoxy) is 2. The van der Waals surface area contributed by atoms with Crippen LogP contribution in [0.4, 0.5) is 13.2 Å². The van der Waals surface area contributed by atoms with Crippen LogP contribution in [0.3, 0.4) is 0 Å². The second-order valence-electron chi connectivity index (χ2n) is 24.6. The smallest absolute Gasteiger partial charge is 0.338 e. The number of aromatic amines is 5. The number of carboxylic acids is 1. The number of aromatic carboxylic acids is 1. The Morgan fingerprint density at radius 2 is 0.964 bits per heavy atom. The lowest BCUT2D eigenvalue weighted by Gasteiger charge is -2.07. The molecule has 10 N–H and O–H groups in total. The van der Waals surface area contributed by atoms with E-state index in [1.807, 2.05) is 162 Å². The van der Waals surface area contributed by atoms with E-state index in [-0.39, 0.29) is 40.6 Å². The number of nitriles is 1. The molecule has 17 rings (SSSR count). The first-order valence-corrected chi connectivity index (χ1v) is 37.0. The predicted octanol–water partition coefficient (Wildman–Crippen LogP) is 18.4. The number of carboxylic acid groups (broad SMARTS) is 1. The molecule has 0 saturated heterocycles. The quantitative estimate of drug-likeness (QED) is 0.0363. The fraction of sp³-hybridized carbons (Fsp3) is 0.0714. The van der Waals surface area contributed by atoms with E-state index in [1.165, 1.54) is 37.6 Å². The number of amides is 3. The molecule has 16 aromatic rings. The Labute approximate surface area is 647 Å². The molecule has 9 aromatic heterocycles. The van der Waals surface area contributed by atoms with Gasteiger partial charge >= 0.3 is 5.97 Å². The van der Waals surface area contributed by atoms with Crippen molar-refractivity contribution in [2.24, 2.45) is 5.73 Å². The molecule has 22 nitrogen and oxygen atoms in total. The minimum atomic E-state index is -1.29. The maximum atomic E-state index is 15.0. The number of fused-ring (bicyclic) bond motifs is 5. The summed E-state index contributed by atoms with van der Waals surface area (Å²) in [7, 11) is 3.08. The molecule has 1 aliphatic carbocycles. The van der Waals surface area contributed by atoms with Gasteiger partial charge in [0.1, 0.15) is 40.8 Å². The van der Waals surface area contributed by atoms with E-state index in [2.05, 4.69) is 67.7 Å². The molecule has 112 heavy (non-hydrogen) atoms. The summed E-state index contributed by atoms with van der Waals surface area (Å²) >= 11 is 4.73. The molecule has 0 radical (unpaired) electrons. The summed E-state index contributed by atoms with van der Waals surface area (Å²) in [4.78, 5) is 50.1. The monoisotopic (exact) mass is 1550 g/mol. The molecular weight excluding hydrogens is 1490 g/mol. The van der Waals surface area contributed by atoms with Crippen LogP contribution in [0.25, 0.3) is 115 Å². The van der Waals surface area contributed by atoms with Crippen molar-refractivity contribution in [2.75, 3.05) is 14.2 Å². The number of H-pyrrole nitrogens is 5. The van der Waals surface area contributed by atoms with E-state index >= 15 is 0 Å². The fourth-order valence-corrected chi connectivity index (χ4v) is 13.5. The minimum Gasteiger partial charge on any atom is -0.495 e. The number of aromatic nitrogens is 10. The van der Waals surface area contributed by atoms with E-state index in [0.29, 0.717) is 72.8 Å². The topological polar surface area (TPSA) is 337 Å². The van der Waals surface area contributed by atoms with Crippen LogP contribution < -0.4 is 25.8 Å². The highest BCUT2D eigenvalue weighted by Gasteiger charge is 2.27.